The van der Waals surface area contributed by atoms with Crippen molar-refractivity contribution in [2.45, 2.75) is 31.7 Å². The minimum Gasteiger partial charge on any atom is -0.497 e. The molecule has 2 aromatic rings. The van der Waals surface area contributed by atoms with Crippen molar-refractivity contribution in [3.63, 3.8) is 0 Å². The van der Waals surface area contributed by atoms with E-state index < -0.39 is 0 Å². The van der Waals surface area contributed by atoms with Crippen LogP contribution in [0.15, 0.2) is 48.8 Å². The lowest BCUT2D eigenvalue weighted by atomic mass is 10.00. The maximum Gasteiger partial charge on any atom is 0.255 e. The summed E-state index contributed by atoms with van der Waals surface area (Å²) >= 11 is 0. The number of aromatic nitrogens is 1. The molecular weight excluding hydrogens is 288 g/mol. The highest BCUT2D eigenvalue weighted by Crippen LogP contribution is 2.32. The van der Waals surface area contributed by atoms with E-state index in [1.165, 1.54) is 12.0 Å². The fraction of sp³-hybridized carbons (Fsp3) is 0.368. The highest BCUT2D eigenvalue weighted by molar-refractivity contribution is 5.94. The van der Waals surface area contributed by atoms with Crippen LogP contribution in [-0.4, -0.2) is 29.4 Å². The number of likely N-dealkylation sites (tertiary alicyclic amines) is 1. The molecule has 0 N–H and O–H groups in total. The SMILES string of the molecule is COc1ccc([C@@H]2CCCCCN2C(=O)c2cccnc2)cc1. The van der Waals surface area contributed by atoms with E-state index in [-0.39, 0.29) is 11.9 Å². The molecule has 4 heteroatoms. The van der Waals surface area contributed by atoms with E-state index in [0.717, 1.165) is 31.6 Å². The molecule has 1 amide bonds. The molecule has 2 heterocycles. The van der Waals surface area contributed by atoms with Gasteiger partial charge in [-0.3, -0.25) is 9.78 Å². The van der Waals surface area contributed by atoms with Crippen LogP contribution in [0.2, 0.25) is 0 Å². The van der Waals surface area contributed by atoms with Crippen molar-refractivity contribution in [2.75, 3.05) is 13.7 Å². The average molecular weight is 310 g/mol. The van der Waals surface area contributed by atoms with Crippen LogP contribution in [-0.2, 0) is 0 Å². The summed E-state index contributed by atoms with van der Waals surface area (Å²) in [7, 11) is 1.67. The van der Waals surface area contributed by atoms with Gasteiger partial charge in [0.1, 0.15) is 5.75 Å². The molecule has 0 bridgehead atoms. The van der Waals surface area contributed by atoms with E-state index in [2.05, 4.69) is 17.1 Å². The molecule has 0 aliphatic carbocycles. The lowest BCUT2D eigenvalue weighted by molar-refractivity contribution is 0.0680. The first kappa shape index (κ1) is 15.5. The third-order valence-corrected chi connectivity index (χ3v) is 4.42. The Bertz CT molecular complexity index is 640. The van der Waals surface area contributed by atoms with Gasteiger partial charge in [0.05, 0.1) is 18.7 Å². The lowest BCUT2D eigenvalue weighted by Gasteiger charge is -2.30. The average Bonchev–Trinajstić information content (AvgIpc) is 2.88. The largest absolute Gasteiger partial charge is 0.497 e. The number of methoxy groups -OCH3 is 1. The molecule has 23 heavy (non-hydrogen) atoms. The number of carbonyl (C=O) groups is 1. The summed E-state index contributed by atoms with van der Waals surface area (Å²) in [5, 5.41) is 0. The van der Waals surface area contributed by atoms with Crippen LogP contribution in [0.1, 0.15) is 47.6 Å². The summed E-state index contributed by atoms with van der Waals surface area (Å²) in [6, 6.07) is 11.8. The Labute approximate surface area is 137 Å². The Balaban J connectivity index is 1.89. The third kappa shape index (κ3) is 3.52. The fourth-order valence-electron chi connectivity index (χ4n) is 3.18. The number of pyridine rings is 1. The quantitative estimate of drug-likeness (QED) is 0.865. The highest BCUT2D eigenvalue weighted by atomic mass is 16.5. The van der Waals surface area contributed by atoms with Gasteiger partial charge in [0, 0.05) is 18.9 Å². The Morgan fingerprint density at radius 3 is 2.70 bits per heavy atom. The Morgan fingerprint density at radius 1 is 1.17 bits per heavy atom. The van der Waals surface area contributed by atoms with Crippen LogP contribution in [0.3, 0.4) is 0 Å². The van der Waals surface area contributed by atoms with Crippen molar-refractivity contribution in [3.05, 3.63) is 59.9 Å². The molecule has 1 aliphatic heterocycles. The zero-order chi connectivity index (χ0) is 16.1. The van der Waals surface area contributed by atoms with Gasteiger partial charge >= 0.3 is 0 Å². The number of nitrogens with zero attached hydrogens (tertiary/aromatic N) is 2. The van der Waals surface area contributed by atoms with Crippen molar-refractivity contribution in [2.24, 2.45) is 0 Å². The van der Waals surface area contributed by atoms with Crippen LogP contribution in [0.5, 0.6) is 5.75 Å². The van der Waals surface area contributed by atoms with Gasteiger partial charge in [-0.05, 0) is 42.7 Å². The Kier molecular flexibility index (Phi) is 4.91. The molecule has 0 unspecified atom stereocenters. The topological polar surface area (TPSA) is 42.4 Å². The third-order valence-electron chi connectivity index (χ3n) is 4.42. The van der Waals surface area contributed by atoms with Crippen molar-refractivity contribution in [1.82, 2.24) is 9.88 Å². The van der Waals surface area contributed by atoms with E-state index >= 15 is 0 Å². The van der Waals surface area contributed by atoms with Crippen LogP contribution >= 0.6 is 0 Å². The molecular formula is C19H22N2O2. The number of ether oxygens (including phenoxy) is 1. The van der Waals surface area contributed by atoms with Crippen molar-refractivity contribution >= 4 is 5.91 Å². The first-order valence-electron chi connectivity index (χ1n) is 8.14. The smallest absolute Gasteiger partial charge is 0.255 e. The summed E-state index contributed by atoms with van der Waals surface area (Å²) in [4.78, 5) is 19.0. The van der Waals surface area contributed by atoms with Gasteiger partial charge in [-0.1, -0.05) is 25.0 Å². The van der Waals surface area contributed by atoms with E-state index in [9.17, 15) is 4.79 Å². The second-order valence-corrected chi connectivity index (χ2v) is 5.88. The molecule has 1 atom stereocenters. The maximum atomic E-state index is 12.9. The second kappa shape index (κ2) is 7.27. The summed E-state index contributed by atoms with van der Waals surface area (Å²) in [5.74, 6) is 0.910. The Morgan fingerprint density at radius 2 is 2.00 bits per heavy atom. The number of amides is 1. The van der Waals surface area contributed by atoms with Gasteiger partial charge in [-0.2, -0.15) is 0 Å². The van der Waals surface area contributed by atoms with Gasteiger partial charge in [-0.15, -0.1) is 0 Å². The molecule has 1 aromatic carbocycles. The number of rotatable bonds is 3. The number of carbonyl (C=O) groups excluding carboxylic acids is 1. The van der Waals surface area contributed by atoms with Crippen molar-refractivity contribution < 1.29 is 9.53 Å². The van der Waals surface area contributed by atoms with Gasteiger partial charge in [0.2, 0.25) is 0 Å². The summed E-state index contributed by atoms with van der Waals surface area (Å²) in [6.45, 7) is 0.796. The lowest BCUT2D eigenvalue weighted by Crippen LogP contribution is -2.34. The van der Waals surface area contributed by atoms with Crippen LogP contribution in [0, 0.1) is 0 Å². The standard InChI is InChI=1S/C19H22N2O2/c1-23-17-10-8-15(9-11-17)18-7-3-2-4-13-21(18)19(22)16-6-5-12-20-14-16/h5-6,8-12,14,18H,2-4,7,13H2,1H3/t18-/m0/s1. The van der Waals surface area contributed by atoms with Gasteiger partial charge in [0.25, 0.3) is 5.91 Å². The first-order valence-corrected chi connectivity index (χ1v) is 8.14. The highest BCUT2D eigenvalue weighted by Gasteiger charge is 2.27. The molecule has 1 fully saturated rings. The molecule has 0 radical (unpaired) electrons. The van der Waals surface area contributed by atoms with Crippen molar-refractivity contribution in [1.29, 1.82) is 0 Å². The zero-order valence-corrected chi connectivity index (χ0v) is 13.4. The predicted octanol–water partition coefficient (Wildman–Crippen LogP) is 3.85. The molecule has 0 spiro atoms. The molecule has 1 aliphatic rings. The summed E-state index contributed by atoms with van der Waals surface area (Å²) < 4.78 is 5.24. The number of hydrogen-bond donors (Lipinski definition) is 0. The van der Waals surface area contributed by atoms with E-state index in [1.807, 2.05) is 29.2 Å². The maximum absolute atomic E-state index is 12.9. The van der Waals surface area contributed by atoms with E-state index in [0.29, 0.717) is 5.56 Å². The molecule has 120 valence electrons. The van der Waals surface area contributed by atoms with E-state index in [4.69, 9.17) is 4.74 Å². The van der Waals surface area contributed by atoms with Gasteiger partial charge in [-0.25, -0.2) is 0 Å². The summed E-state index contributed by atoms with van der Waals surface area (Å²) in [5.41, 5.74) is 1.83. The molecule has 4 nitrogen and oxygen atoms in total. The van der Waals surface area contributed by atoms with Crippen LogP contribution in [0.25, 0.3) is 0 Å². The van der Waals surface area contributed by atoms with Crippen molar-refractivity contribution in [3.8, 4) is 5.75 Å². The van der Waals surface area contributed by atoms with Crippen LogP contribution < -0.4 is 4.74 Å². The minimum atomic E-state index is 0.0702. The Hall–Kier alpha value is -2.36. The number of benzene rings is 1. The minimum absolute atomic E-state index is 0.0702. The molecule has 0 saturated carbocycles. The molecule has 1 saturated heterocycles. The van der Waals surface area contributed by atoms with E-state index in [1.54, 1.807) is 19.5 Å². The molecule has 3 rings (SSSR count). The van der Waals surface area contributed by atoms with Crippen LogP contribution in [0.4, 0.5) is 0 Å². The normalized spacial score (nSPS) is 18.3. The fourth-order valence-corrected chi connectivity index (χ4v) is 3.18. The second-order valence-electron chi connectivity index (χ2n) is 5.88. The number of hydrogen-bond acceptors (Lipinski definition) is 3. The first-order chi connectivity index (χ1) is 11.3. The molecule has 1 aromatic heterocycles. The zero-order valence-electron chi connectivity index (χ0n) is 13.4. The van der Waals surface area contributed by atoms with Gasteiger partial charge < -0.3 is 9.64 Å². The summed E-state index contributed by atoms with van der Waals surface area (Å²) in [6.07, 6.45) is 7.71. The predicted molar refractivity (Wildman–Crippen MR) is 89.5 cm³/mol. The monoisotopic (exact) mass is 310 g/mol. The van der Waals surface area contributed by atoms with Gasteiger partial charge in [0.15, 0.2) is 0 Å².